The van der Waals surface area contributed by atoms with E-state index in [4.69, 9.17) is 0 Å². The van der Waals surface area contributed by atoms with E-state index in [1.54, 1.807) is 0 Å². The molecule has 36 rings (SSSR count). The van der Waals surface area contributed by atoms with Gasteiger partial charge in [-0.2, -0.15) is 0 Å². The highest BCUT2D eigenvalue weighted by Gasteiger charge is 2.24. The molecule has 680 valence electrons. The Morgan fingerprint density at radius 3 is 0.521 bits per heavy atom. The molecule has 0 aliphatic carbocycles. The van der Waals surface area contributed by atoms with E-state index in [0.717, 1.165) is 0 Å². The van der Waals surface area contributed by atoms with Gasteiger partial charge in [-0.25, -0.2) is 0 Å². The van der Waals surface area contributed by atoms with Gasteiger partial charge in [0.15, 0.2) is 0 Å². The zero-order valence-electron chi connectivity index (χ0n) is 79.2. The van der Waals surface area contributed by atoms with Crippen LogP contribution in [0.3, 0.4) is 0 Å². The van der Waals surface area contributed by atoms with E-state index < -0.39 is 0 Å². The van der Waals surface area contributed by atoms with Crippen molar-refractivity contribution in [3.05, 3.63) is 337 Å². The van der Waals surface area contributed by atoms with Gasteiger partial charge in [-0.1, -0.05) is 0 Å². The smallest absolute Gasteiger partial charge is 0.0496 e. The first kappa shape index (κ1) is 81.1. The highest BCUT2D eigenvalue weighted by molar-refractivity contribution is 7.28. The van der Waals surface area contributed by atoms with Crippen LogP contribution in [0.25, 0.3) is 338 Å². The Labute approximate surface area is 851 Å². The Hall–Kier alpha value is -15.4. The third kappa shape index (κ3) is 11.7. The van der Waals surface area contributed by atoms with Crippen LogP contribution in [-0.4, -0.2) is 36.5 Å². The second kappa shape index (κ2) is 29.2. The Bertz CT molecular complexity index is 10900. The molecule has 0 aliphatic rings. The molecule has 0 unspecified atom stereocenters. The molecule has 144 heavy (non-hydrogen) atoms. The topological polar surface area (TPSA) is 39.4 Å². The normalized spacial score (nSPS) is 12.7. The Balaban J connectivity index is 0.0000000844. The van der Waals surface area contributed by atoms with Crippen molar-refractivity contribution in [1.82, 2.24) is 36.5 Å². The summed E-state index contributed by atoms with van der Waals surface area (Å²) in [5.74, 6) is 0. The molecule has 0 aliphatic heterocycles. The third-order valence-electron chi connectivity index (χ3n) is 32.4. The van der Waals surface area contributed by atoms with E-state index >= 15 is 0 Å². The maximum atomic E-state index is 2.43. The van der Waals surface area contributed by atoms with E-state index in [1.165, 1.54) is 338 Å². The van der Waals surface area contributed by atoms with Crippen molar-refractivity contribution >= 4 is 429 Å². The van der Waals surface area contributed by atoms with Crippen LogP contribution in [0.1, 0.15) is 0 Å². The van der Waals surface area contributed by atoms with Crippen molar-refractivity contribution in [3.8, 4) is 0 Å². The van der Waals surface area contributed by atoms with Gasteiger partial charge in [0, 0.05) is 311 Å². The Kier molecular flexibility index (Phi) is 16.4. The minimum atomic E-state index is 1.29. The summed E-state index contributed by atoms with van der Waals surface area (Å²) in [6.45, 7) is 0. The van der Waals surface area contributed by atoms with E-state index in [1.807, 2.05) is 90.7 Å². The fraction of sp³-hybridized carbons (Fsp3) is 0.0625. The maximum absolute atomic E-state index is 2.43. The van der Waals surface area contributed by atoms with Crippen molar-refractivity contribution < 1.29 is 0 Å². The number of rotatable bonds is 0. The maximum Gasteiger partial charge on any atom is 0.0496 e. The fourth-order valence-corrected chi connectivity index (χ4v) is 32.7. The van der Waals surface area contributed by atoms with Gasteiger partial charge in [-0.3, -0.25) is 0 Å². The van der Waals surface area contributed by atoms with E-state index in [2.05, 4.69) is 430 Å². The largest absolute Gasteiger partial charge is 0.351 e. The molecule has 16 aromatic heterocycles. The predicted molar refractivity (Wildman–Crippen MR) is 641 cm³/mol. The summed E-state index contributed by atoms with van der Waals surface area (Å²) in [5.41, 5.74) is 15.5. The van der Waals surface area contributed by atoms with Crippen molar-refractivity contribution in [2.75, 3.05) is 0 Å². The number of aromatic nitrogens is 8. The SMILES string of the molecule is Cn1c2cc3cc4ccsc4cc3cc2c2cc3c(cc21)c1cc2cc4sccc4cc2cc1n3C.Cn1c2cc3cc4sccc4cc3cc2c2cc3c(cc21)c1cc2cc4ccsc4cc2cc1n3C.Cn1ccc2cc3cc4c(cc3cc21)sc1cc2c(cc14)sc1cc3cc4c(ccn4C)cc3cc12.Cn1ccc2cc3cc4c(cc3cc21)sc1cc2c(cc14)sc1cc3cc4c(ccn4C)cc3cc12. The standard InChI is InChI=1S/4C32H20N2S2/c1-33-27-11-19-7-17-3-5-35-31(17)13-21(19)9-23(27)25-16-30-26(15-29(25)33)24-10-22-14-32-18(4-6-36-32)8-20(22)12-28(24)34(30)2;1-33-27-11-21-13-31-17(3-5-35-31)7-19(21)9-23(27)25-16-30-26(15-29(25)33)24-10-20-8-18-4-6-36-32(18)14-22(20)12-28(24)34(30)2;2*1-33-5-3-17-7-19-9-23-25-15-32-26(16-31(25)35-29(23)13-21(19)11-27(17)33)24-10-20-8-18-4-6-34(2)28(18)12-22(20)14-30(24)36-32/h4*3-16H,1-2H3. The van der Waals surface area contributed by atoms with Crippen LogP contribution >= 0.6 is 90.7 Å². The zero-order chi connectivity index (χ0) is 94.8. The van der Waals surface area contributed by atoms with Crippen LogP contribution in [0.5, 0.6) is 0 Å². The monoisotopic (exact) mass is 1980 g/mol. The first-order valence-corrected chi connectivity index (χ1v) is 55.5. The molecule has 0 bridgehead atoms. The first-order chi connectivity index (χ1) is 70.4. The van der Waals surface area contributed by atoms with Gasteiger partial charge in [-0.15, -0.1) is 90.7 Å². The van der Waals surface area contributed by atoms with Gasteiger partial charge in [0.2, 0.25) is 0 Å². The van der Waals surface area contributed by atoms with Crippen LogP contribution < -0.4 is 0 Å². The van der Waals surface area contributed by atoms with Crippen LogP contribution in [0, 0.1) is 0 Å². The van der Waals surface area contributed by atoms with Crippen LogP contribution in [-0.2, 0) is 56.4 Å². The van der Waals surface area contributed by atoms with Gasteiger partial charge >= 0.3 is 0 Å². The van der Waals surface area contributed by atoms with Crippen molar-refractivity contribution in [2.45, 2.75) is 0 Å². The lowest BCUT2D eigenvalue weighted by Gasteiger charge is -2.02. The van der Waals surface area contributed by atoms with Gasteiger partial charge < -0.3 is 36.5 Å². The number of fused-ring (bicyclic) bond motifs is 40. The molecule has 16 heteroatoms. The van der Waals surface area contributed by atoms with Crippen LogP contribution in [0.4, 0.5) is 0 Å². The van der Waals surface area contributed by atoms with Gasteiger partial charge in [0.05, 0.1) is 0 Å². The predicted octanol–water partition coefficient (Wildman–Crippen LogP) is 38.8. The molecule has 0 saturated carbocycles. The van der Waals surface area contributed by atoms with E-state index in [9.17, 15) is 0 Å². The molecular formula is C128H80N8S8. The second-order valence-electron chi connectivity index (χ2n) is 40.3. The quantitative estimate of drug-likeness (QED) is 0.145. The van der Waals surface area contributed by atoms with Gasteiger partial charge in [0.1, 0.15) is 0 Å². The molecule has 0 saturated heterocycles. The summed E-state index contributed by atoms with van der Waals surface area (Å²) < 4.78 is 34.7. The van der Waals surface area contributed by atoms with Crippen molar-refractivity contribution in [3.63, 3.8) is 0 Å². The molecule has 0 radical (unpaired) electrons. The van der Waals surface area contributed by atoms with Crippen molar-refractivity contribution in [1.29, 1.82) is 0 Å². The molecule has 20 aromatic carbocycles. The third-order valence-corrected chi connectivity index (χ3v) is 40.3. The first-order valence-electron chi connectivity index (χ1n) is 48.8. The molecule has 0 amide bonds. The van der Waals surface area contributed by atoms with E-state index in [-0.39, 0.29) is 0 Å². The minimum absolute atomic E-state index is 1.29. The summed E-state index contributed by atoms with van der Waals surface area (Å²) in [5, 5.41) is 61.8. The van der Waals surface area contributed by atoms with Crippen LogP contribution in [0.2, 0.25) is 0 Å². The lowest BCUT2D eigenvalue weighted by Crippen LogP contribution is -1.88. The average Bonchev–Trinajstić information content (AvgIpc) is 1.56. The Morgan fingerprint density at radius 2 is 0.285 bits per heavy atom. The highest BCUT2D eigenvalue weighted by atomic mass is 32.1. The number of benzene rings is 20. The molecule has 8 nitrogen and oxygen atoms in total. The number of hydrogen-bond acceptors (Lipinski definition) is 8. The number of nitrogens with zero attached hydrogens (tertiary/aromatic N) is 8. The molecule has 36 aromatic rings. The van der Waals surface area contributed by atoms with Gasteiger partial charge in [0.25, 0.3) is 0 Å². The summed E-state index contributed by atoms with van der Waals surface area (Å²) >= 11 is 14.9. The summed E-state index contributed by atoms with van der Waals surface area (Å²) in [7, 11) is 17.3. The lowest BCUT2D eigenvalue weighted by atomic mass is 10.0. The molecule has 16 heterocycles. The second-order valence-corrected chi connectivity index (χ2v) is 48.5. The highest BCUT2D eigenvalue weighted by Crippen LogP contribution is 2.51. The molecular weight excluding hydrogens is 1910 g/mol. The van der Waals surface area contributed by atoms with Gasteiger partial charge in [-0.05, 0) is 420 Å². The summed E-state index contributed by atoms with van der Waals surface area (Å²) in [6, 6.07) is 113. The Morgan fingerprint density at radius 1 is 0.125 bits per heavy atom. The fourth-order valence-electron chi connectivity index (χ4n) is 24.7. The van der Waals surface area contributed by atoms with Crippen molar-refractivity contribution in [2.24, 2.45) is 56.4 Å². The number of aryl methyl sites for hydroxylation is 8. The van der Waals surface area contributed by atoms with Crippen LogP contribution in [0.15, 0.2) is 337 Å². The van der Waals surface area contributed by atoms with E-state index in [0.29, 0.717) is 0 Å². The average molecular weight is 1990 g/mol. The number of thiophene rings is 8. The lowest BCUT2D eigenvalue weighted by molar-refractivity contribution is 0.970. The molecule has 0 fully saturated rings. The molecule has 0 atom stereocenters. The minimum Gasteiger partial charge on any atom is -0.351 e. The zero-order valence-corrected chi connectivity index (χ0v) is 85.7. The molecule has 0 N–H and O–H groups in total. The summed E-state index contributed by atoms with van der Waals surface area (Å²) in [6.07, 6.45) is 8.58. The summed E-state index contributed by atoms with van der Waals surface area (Å²) in [4.78, 5) is 0. The molecule has 0 spiro atoms. The number of hydrogen-bond donors (Lipinski definition) is 0.